The first-order chi connectivity index (χ1) is 10.9. The Morgan fingerprint density at radius 2 is 1.27 bits per heavy atom. The van der Waals surface area contributed by atoms with Crippen LogP contribution in [0.3, 0.4) is 0 Å². The van der Waals surface area contributed by atoms with E-state index >= 15 is 0 Å². The Labute approximate surface area is 132 Å². The Morgan fingerprint density at radius 3 is 1.82 bits per heavy atom. The van der Waals surface area contributed by atoms with Crippen LogP contribution in [-0.2, 0) is 10.9 Å². The lowest BCUT2D eigenvalue weighted by molar-refractivity contribution is 0.414. The standard InChI is InChI=1S/C19H15O2S/c1-20-14-10-12-15(13-11-14)22-18-8-4-2-6-16(18)21-17-7-3-5-9-19(17)22/h2-13H,1H3/q+1. The number of hydrogen-bond donors (Lipinski definition) is 0. The van der Waals surface area contributed by atoms with E-state index in [1.807, 2.05) is 36.4 Å². The van der Waals surface area contributed by atoms with Crippen LogP contribution in [-0.4, -0.2) is 7.11 Å². The summed E-state index contributed by atoms with van der Waals surface area (Å²) < 4.78 is 11.3. The highest BCUT2D eigenvalue weighted by Crippen LogP contribution is 2.46. The molecule has 108 valence electrons. The Balaban J connectivity index is 1.90. The SMILES string of the molecule is COc1ccc([S+]2c3ccccc3Oc3ccccc32)cc1. The van der Waals surface area contributed by atoms with Crippen LogP contribution in [0.5, 0.6) is 17.2 Å². The summed E-state index contributed by atoms with van der Waals surface area (Å²) in [6.45, 7) is 0. The number of rotatable bonds is 2. The molecule has 0 unspecified atom stereocenters. The fourth-order valence-corrected chi connectivity index (χ4v) is 4.81. The molecule has 0 bridgehead atoms. The third-order valence-electron chi connectivity index (χ3n) is 3.65. The maximum atomic E-state index is 6.06. The predicted octanol–water partition coefficient (Wildman–Crippen LogP) is 4.90. The van der Waals surface area contributed by atoms with E-state index in [1.165, 1.54) is 14.7 Å². The number of para-hydroxylation sites is 2. The average molecular weight is 307 g/mol. The predicted molar refractivity (Wildman–Crippen MR) is 88.1 cm³/mol. The van der Waals surface area contributed by atoms with Crippen molar-refractivity contribution in [1.29, 1.82) is 0 Å². The number of methoxy groups -OCH3 is 1. The van der Waals surface area contributed by atoms with E-state index in [2.05, 4.69) is 36.4 Å². The molecule has 4 rings (SSSR count). The smallest absolute Gasteiger partial charge is 0.209 e. The van der Waals surface area contributed by atoms with E-state index in [1.54, 1.807) is 7.11 Å². The molecular weight excluding hydrogens is 292 g/mol. The van der Waals surface area contributed by atoms with Gasteiger partial charge in [-0.3, -0.25) is 0 Å². The Morgan fingerprint density at radius 1 is 0.727 bits per heavy atom. The summed E-state index contributed by atoms with van der Waals surface area (Å²) in [4.78, 5) is 3.72. The van der Waals surface area contributed by atoms with Gasteiger partial charge >= 0.3 is 0 Å². The molecule has 0 saturated carbocycles. The van der Waals surface area contributed by atoms with Crippen molar-refractivity contribution in [2.75, 3.05) is 7.11 Å². The maximum absolute atomic E-state index is 6.06. The van der Waals surface area contributed by atoms with Crippen molar-refractivity contribution in [3.63, 3.8) is 0 Å². The van der Waals surface area contributed by atoms with Crippen LogP contribution >= 0.6 is 0 Å². The van der Waals surface area contributed by atoms with Gasteiger partial charge in [-0.25, -0.2) is 0 Å². The second-order valence-electron chi connectivity index (χ2n) is 4.98. The van der Waals surface area contributed by atoms with Crippen LogP contribution in [0, 0.1) is 0 Å². The summed E-state index contributed by atoms with van der Waals surface area (Å²) in [5, 5.41) is 0. The minimum Gasteiger partial charge on any atom is -0.497 e. The summed E-state index contributed by atoms with van der Waals surface area (Å²) in [7, 11) is 1.54. The molecule has 3 heteroatoms. The van der Waals surface area contributed by atoms with Crippen molar-refractivity contribution >= 4 is 10.9 Å². The summed E-state index contributed by atoms with van der Waals surface area (Å²) in [5.74, 6) is 2.77. The highest BCUT2D eigenvalue weighted by Gasteiger charge is 2.38. The second kappa shape index (κ2) is 5.43. The van der Waals surface area contributed by atoms with Gasteiger partial charge in [-0.15, -0.1) is 0 Å². The zero-order chi connectivity index (χ0) is 14.9. The first-order valence-electron chi connectivity index (χ1n) is 7.11. The summed E-state index contributed by atoms with van der Waals surface area (Å²) in [5.41, 5.74) is 0. The van der Waals surface area contributed by atoms with Gasteiger partial charge in [0.25, 0.3) is 0 Å². The first-order valence-corrected chi connectivity index (χ1v) is 8.33. The Kier molecular flexibility index (Phi) is 3.28. The van der Waals surface area contributed by atoms with Crippen LogP contribution in [0.25, 0.3) is 0 Å². The third-order valence-corrected chi connectivity index (χ3v) is 5.95. The summed E-state index contributed by atoms with van der Waals surface area (Å²) >= 11 is 0. The van der Waals surface area contributed by atoms with Gasteiger partial charge in [-0.2, -0.15) is 0 Å². The van der Waals surface area contributed by atoms with E-state index in [0.717, 1.165) is 17.2 Å². The molecule has 0 aliphatic carbocycles. The van der Waals surface area contributed by atoms with Gasteiger partial charge in [0.15, 0.2) is 16.4 Å². The van der Waals surface area contributed by atoms with Gasteiger partial charge in [-0.05, 0) is 48.5 Å². The molecule has 1 aliphatic heterocycles. The highest BCUT2D eigenvalue weighted by molar-refractivity contribution is 7.97. The molecule has 0 atom stereocenters. The van der Waals surface area contributed by atoms with E-state index in [0.29, 0.717) is 0 Å². The van der Waals surface area contributed by atoms with Crippen molar-refractivity contribution in [3.05, 3.63) is 72.8 Å². The van der Waals surface area contributed by atoms with Crippen LogP contribution in [0.4, 0.5) is 0 Å². The zero-order valence-corrected chi connectivity index (χ0v) is 13.0. The normalized spacial score (nSPS) is 13.0. The molecule has 3 aromatic carbocycles. The molecule has 0 amide bonds. The van der Waals surface area contributed by atoms with Crippen LogP contribution in [0.2, 0.25) is 0 Å². The summed E-state index contributed by atoms with van der Waals surface area (Å²) in [6.07, 6.45) is 0. The van der Waals surface area contributed by atoms with Crippen LogP contribution in [0.1, 0.15) is 0 Å². The second-order valence-corrected chi connectivity index (χ2v) is 6.94. The zero-order valence-electron chi connectivity index (χ0n) is 12.2. The molecule has 0 radical (unpaired) electrons. The van der Waals surface area contributed by atoms with Gasteiger partial charge < -0.3 is 9.47 Å². The van der Waals surface area contributed by atoms with Gasteiger partial charge in [-0.1, -0.05) is 24.3 Å². The van der Waals surface area contributed by atoms with Gasteiger partial charge in [0.1, 0.15) is 16.6 Å². The lowest BCUT2D eigenvalue weighted by Crippen LogP contribution is -2.12. The van der Waals surface area contributed by atoms with Crippen molar-refractivity contribution < 1.29 is 9.47 Å². The van der Waals surface area contributed by atoms with Crippen molar-refractivity contribution in [2.45, 2.75) is 14.7 Å². The number of hydrogen-bond acceptors (Lipinski definition) is 2. The molecule has 0 fully saturated rings. The van der Waals surface area contributed by atoms with E-state index in [9.17, 15) is 0 Å². The van der Waals surface area contributed by atoms with Gasteiger partial charge in [0.05, 0.1) is 7.11 Å². The Bertz CT molecular complexity index is 766. The molecular formula is C19H15O2S+. The number of ether oxygens (including phenoxy) is 2. The molecule has 1 heterocycles. The molecule has 3 aromatic rings. The van der Waals surface area contributed by atoms with E-state index in [4.69, 9.17) is 9.47 Å². The minimum absolute atomic E-state index is 0.149. The van der Waals surface area contributed by atoms with E-state index in [-0.39, 0.29) is 10.9 Å². The first kappa shape index (κ1) is 13.3. The van der Waals surface area contributed by atoms with Crippen LogP contribution in [0.15, 0.2) is 87.5 Å². The highest BCUT2D eigenvalue weighted by atomic mass is 32.2. The van der Waals surface area contributed by atoms with Gasteiger partial charge in [0.2, 0.25) is 9.79 Å². The molecule has 0 saturated heterocycles. The molecule has 22 heavy (non-hydrogen) atoms. The van der Waals surface area contributed by atoms with Gasteiger partial charge in [0, 0.05) is 0 Å². The van der Waals surface area contributed by atoms with Crippen molar-refractivity contribution in [3.8, 4) is 17.2 Å². The minimum atomic E-state index is -0.149. The molecule has 0 N–H and O–H groups in total. The topological polar surface area (TPSA) is 18.5 Å². The average Bonchev–Trinajstić information content (AvgIpc) is 2.60. The molecule has 0 aromatic heterocycles. The molecule has 0 spiro atoms. The number of benzene rings is 3. The third kappa shape index (κ3) is 2.14. The Hall–Kier alpha value is -2.39. The summed E-state index contributed by atoms with van der Waals surface area (Å²) in [6, 6.07) is 24.9. The van der Waals surface area contributed by atoms with Crippen molar-refractivity contribution in [1.82, 2.24) is 0 Å². The quantitative estimate of drug-likeness (QED) is 0.491. The number of fused-ring (bicyclic) bond motifs is 2. The molecule has 2 nitrogen and oxygen atoms in total. The largest absolute Gasteiger partial charge is 0.497 e. The van der Waals surface area contributed by atoms with E-state index < -0.39 is 0 Å². The lowest BCUT2D eigenvalue weighted by atomic mass is 10.3. The fourth-order valence-electron chi connectivity index (χ4n) is 2.61. The monoisotopic (exact) mass is 307 g/mol. The molecule has 1 aliphatic rings. The van der Waals surface area contributed by atoms with Crippen LogP contribution < -0.4 is 9.47 Å². The maximum Gasteiger partial charge on any atom is 0.209 e. The van der Waals surface area contributed by atoms with Crippen molar-refractivity contribution in [2.24, 2.45) is 0 Å². The lowest BCUT2D eigenvalue weighted by Gasteiger charge is -2.19. The fraction of sp³-hybridized carbons (Fsp3) is 0.0526.